The fraction of sp³-hybridized carbons (Fsp3) is 0. The van der Waals surface area contributed by atoms with Crippen molar-refractivity contribution in [3.8, 4) is 0 Å². The summed E-state index contributed by atoms with van der Waals surface area (Å²) in [4.78, 5) is 44.4. The number of hydrogen-bond donors (Lipinski definition) is 4. The molecule has 0 saturated heterocycles. The molecule has 0 aliphatic carbocycles. The van der Waals surface area contributed by atoms with E-state index < -0.39 is 29.4 Å². The molecule has 0 aliphatic heterocycles. The maximum Gasteiger partial charge on any atom is 0.336 e. The first-order chi connectivity index (χ1) is 12.2. The van der Waals surface area contributed by atoms with E-state index >= 15 is 0 Å². The average molecular weight is 356 g/mol. The molecule has 8 heteroatoms. The zero-order chi connectivity index (χ0) is 19.4. The Morgan fingerprint density at radius 3 is 1.54 bits per heavy atom. The van der Waals surface area contributed by atoms with Crippen molar-refractivity contribution in [3.63, 3.8) is 0 Å². The number of carboxylic acid groups (broad SMARTS) is 4. The van der Waals surface area contributed by atoms with Gasteiger partial charge in [-0.25, -0.2) is 19.2 Å². The number of benzene rings is 2. The van der Waals surface area contributed by atoms with E-state index in [1.165, 1.54) is 30.4 Å². The van der Waals surface area contributed by atoms with E-state index in [2.05, 4.69) is 0 Å². The largest absolute Gasteiger partial charge is 0.478 e. The summed E-state index contributed by atoms with van der Waals surface area (Å²) in [6, 6.07) is 7.21. The summed E-state index contributed by atoms with van der Waals surface area (Å²) in [5, 5.41) is 36.2. The van der Waals surface area contributed by atoms with Gasteiger partial charge in [0.2, 0.25) is 0 Å². The predicted molar refractivity (Wildman–Crippen MR) is 89.6 cm³/mol. The van der Waals surface area contributed by atoms with Crippen molar-refractivity contribution < 1.29 is 39.6 Å². The zero-order valence-corrected chi connectivity index (χ0v) is 13.0. The van der Waals surface area contributed by atoms with E-state index in [0.29, 0.717) is 5.56 Å². The van der Waals surface area contributed by atoms with E-state index in [1.807, 2.05) is 0 Å². The van der Waals surface area contributed by atoms with E-state index in [9.17, 15) is 19.2 Å². The third-order valence-electron chi connectivity index (χ3n) is 3.42. The first kappa shape index (κ1) is 18.4. The Morgan fingerprint density at radius 1 is 0.577 bits per heavy atom. The summed E-state index contributed by atoms with van der Waals surface area (Å²) >= 11 is 0. The molecule has 0 saturated carbocycles. The van der Waals surface area contributed by atoms with Gasteiger partial charge in [-0.05, 0) is 41.5 Å². The van der Waals surface area contributed by atoms with Crippen molar-refractivity contribution in [2.75, 3.05) is 0 Å². The van der Waals surface area contributed by atoms with Crippen LogP contribution in [0.5, 0.6) is 0 Å². The monoisotopic (exact) mass is 356 g/mol. The first-order valence-corrected chi connectivity index (χ1v) is 7.09. The molecule has 4 N–H and O–H groups in total. The summed E-state index contributed by atoms with van der Waals surface area (Å²) in [6.07, 6.45) is 2.82. The van der Waals surface area contributed by atoms with Crippen LogP contribution in [0.15, 0.2) is 36.4 Å². The van der Waals surface area contributed by atoms with Crippen molar-refractivity contribution in [1.82, 2.24) is 0 Å². The van der Waals surface area contributed by atoms with E-state index in [-0.39, 0.29) is 22.3 Å². The number of hydrogen-bond acceptors (Lipinski definition) is 4. The highest BCUT2D eigenvalue weighted by atomic mass is 16.4. The minimum absolute atomic E-state index is 0.211. The van der Waals surface area contributed by atoms with Gasteiger partial charge in [-0.15, -0.1) is 0 Å². The molecule has 0 bridgehead atoms. The van der Waals surface area contributed by atoms with Gasteiger partial charge in [-0.1, -0.05) is 18.2 Å². The van der Waals surface area contributed by atoms with Crippen LogP contribution in [0, 0.1) is 0 Å². The third-order valence-corrected chi connectivity index (χ3v) is 3.42. The molecule has 0 amide bonds. The fourth-order valence-electron chi connectivity index (χ4n) is 2.22. The van der Waals surface area contributed by atoms with E-state index in [1.54, 1.807) is 0 Å². The molecule has 0 spiro atoms. The number of carboxylic acids is 4. The zero-order valence-electron chi connectivity index (χ0n) is 13.0. The van der Waals surface area contributed by atoms with Gasteiger partial charge in [-0.3, -0.25) is 0 Å². The maximum absolute atomic E-state index is 11.2. The lowest BCUT2D eigenvalue weighted by Crippen LogP contribution is -2.08. The lowest BCUT2D eigenvalue weighted by molar-refractivity contribution is 0.0651. The minimum atomic E-state index is -1.40. The lowest BCUT2D eigenvalue weighted by Gasteiger charge is -2.04. The normalized spacial score (nSPS) is 10.6. The van der Waals surface area contributed by atoms with E-state index in [0.717, 1.165) is 18.2 Å². The quantitative estimate of drug-likeness (QED) is 0.577. The minimum Gasteiger partial charge on any atom is -0.478 e. The smallest absolute Gasteiger partial charge is 0.336 e. The van der Waals surface area contributed by atoms with Crippen LogP contribution in [0.4, 0.5) is 0 Å². The predicted octanol–water partition coefficient (Wildman–Crippen LogP) is 2.65. The van der Waals surface area contributed by atoms with Crippen LogP contribution >= 0.6 is 0 Å². The maximum atomic E-state index is 11.2. The highest BCUT2D eigenvalue weighted by molar-refractivity contribution is 6.02. The van der Waals surface area contributed by atoms with Gasteiger partial charge in [0, 0.05) is 0 Å². The molecule has 0 unspecified atom stereocenters. The van der Waals surface area contributed by atoms with Gasteiger partial charge < -0.3 is 20.4 Å². The van der Waals surface area contributed by atoms with Crippen LogP contribution in [0.2, 0.25) is 0 Å². The first-order valence-electron chi connectivity index (χ1n) is 7.09. The molecule has 0 atom stereocenters. The molecule has 132 valence electrons. The molecule has 0 aliphatic rings. The Labute approximate surface area is 146 Å². The standard InChI is InChI=1S/C18H12O8/c19-15(20)11-5-10(6-12(8-11)16(21)22)2-1-9-3-4-13(17(23)24)14(7-9)18(25)26/h1-8H,(H,19,20)(H,21,22)(H,23,24)(H,25,26)/b2-1+. The highest BCUT2D eigenvalue weighted by Crippen LogP contribution is 2.17. The fourth-order valence-corrected chi connectivity index (χ4v) is 2.22. The number of carbonyl (C=O) groups is 4. The Bertz CT molecular complexity index is 923. The SMILES string of the molecule is O=C(O)c1cc(/C=C/c2ccc(C(=O)O)c(C(=O)O)c2)cc(C(=O)O)c1. The lowest BCUT2D eigenvalue weighted by atomic mass is 10.0. The van der Waals surface area contributed by atoms with Gasteiger partial charge in [0.05, 0.1) is 22.3 Å². The molecule has 0 aromatic heterocycles. The topological polar surface area (TPSA) is 149 Å². The second kappa shape index (κ2) is 7.31. The summed E-state index contributed by atoms with van der Waals surface area (Å²) in [5.41, 5.74) is -0.554. The summed E-state index contributed by atoms with van der Waals surface area (Å²) in [7, 11) is 0. The summed E-state index contributed by atoms with van der Waals surface area (Å²) in [6.45, 7) is 0. The molecule has 0 heterocycles. The van der Waals surface area contributed by atoms with Crippen LogP contribution in [-0.2, 0) is 0 Å². The van der Waals surface area contributed by atoms with Crippen LogP contribution in [0.3, 0.4) is 0 Å². The molecule has 2 rings (SSSR count). The molecule has 26 heavy (non-hydrogen) atoms. The van der Waals surface area contributed by atoms with Gasteiger partial charge in [0.25, 0.3) is 0 Å². The van der Waals surface area contributed by atoms with Crippen LogP contribution in [0.1, 0.15) is 52.6 Å². The van der Waals surface area contributed by atoms with Crippen molar-refractivity contribution in [2.45, 2.75) is 0 Å². The Balaban J connectivity index is 2.45. The van der Waals surface area contributed by atoms with Gasteiger partial charge >= 0.3 is 23.9 Å². The molecular weight excluding hydrogens is 344 g/mol. The van der Waals surface area contributed by atoms with Gasteiger partial charge in [-0.2, -0.15) is 0 Å². The van der Waals surface area contributed by atoms with Crippen molar-refractivity contribution >= 4 is 36.0 Å². The molecule has 8 nitrogen and oxygen atoms in total. The summed E-state index contributed by atoms with van der Waals surface area (Å²) in [5.74, 6) is -5.36. The van der Waals surface area contributed by atoms with Crippen LogP contribution in [-0.4, -0.2) is 44.3 Å². The van der Waals surface area contributed by atoms with Gasteiger partial charge in [0.1, 0.15) is 0 Å². The summed E-state index contributed by atoms with van der Waals surface area (Å²) < 4.78 is 0. The van der Waals surface area contributed by atoms with Crippen LogP contribution < -0.4 is 0 Å². The number of rotatable bonds is 6. The molecule has 0 radical (unpaired) electrons. The Hall–Kier alpha value is -3.94. The molecule has 2 aromatic carbocycles. The Morgan fingerprint density at radius 2 is 1.08 bits per heavy atom. The van der Waals surface area contributed by atoms with Crippen molar-refractivity contribution in [3.05, 3.63) is 69.8 Å². The van der Waals surface area contributed by atoms with E-state index in [4.69, 9.17) is 20.4 Å². The van der Waals surface area contributed by atoms with Gasteiger partial charge in [0.15, 0.2) is 0 Å². The molecule has 2 aromatic rings. The van der Waals surface area contributed by atoms with Crippen LogP contribution in [0.25, 0.3) is 12.2 Å². The third kappa shape index (κ3) is 4.12. The average Bonchev–Trinajstić information content (AvgIpc) is 2.59. The Kier molecular flexibility index (Phi) is 5.17. The number of aromatic carboxylic acids is 4. The highest BCUT2D eigenvalue weighted by Gasteiger charge is 2.16. The second-order valence-electron chi connectivity index (χ2n) is 5.20. The molecule has 0 fully saturated rings. The second-order valence-corrected chi connectivity index (χ2v) is 5.20. The van der Waals surface area contributed by atoms with Crippen molar-refractivity contribution in [2.24, 2.45) is 0 Å². The van der Waals surface area contributed by atoms with Crippen molar-refractivity contribution in [1.29, 1.82) is 0 Å². The molecular formula is C18H12O8.